The Morgan fingerprint density at radius 3 is 2.76 bits per heavy atom. The fourth-order valence-corrected chi connectivity index (χ4v) is 2.40. The van der Waals surface area contributed by atoms with E-state index in [9.17, 15) is 4.79 Å². The zero-order valence-electron chi connectivity index (χ0n) is 12.6. The van der Waals surface area contributed by atoms with Crippen molar-refractivity contribution in [2.75, 3.05) is 5.32 Å². The van der Waals surface area contributed by atoms with E-state index in [0.717, 1.165) is 17.0 Å². The van der Waals surface area contributed by atoms with Crippen molar-refractivity contribution in [3.63, 3.8) is 0 Å². The van der Waals surface area contributed by atoms with Crippen LogP contribution in [0.15, 0.2) is 18.3 Å². The molecule has 2 heterocycles. The van der Waals surface area contributed by atoms with Crippen LogP contribution in [0.4, 0.5) is 5.82 Å². The second-order valence-electron chi connectivity index (χ2n) is 5.20. The first-order valence-electron chi connectivity index (χ1n) is 6.80. The molecule has 0 aromatic carbocycles. The highest BCUT2D eigenvalue weighted by molar-refractivity contribution is 6.33. The van der Waals surface area contributed by atoms with Crippen molar-refractivity contribution in [2.24, 2.45) is 13.0 Å². The SMILES string of the molecule is Cc1nn(C)c(C)c1C[C@H](C)C(=O)Nc1ncccc1Cl. The Bertz CT molecular complexity index is 666. The molecular weight excluding hydrogens is 288 g/mol. The van der Waals surface area contributed by atoms with Crippen molar-refractivity contribution in [2.45, 2.75) is 27.2 Å². The first-order chi connectivity index (χ1) is 9.90. The third-order valence-corrected chi connectivity index (χ3v) is 3.92. The van der Waals surface area contributed by atoms with E-state index in [2.05, 4.69) is 15.4 Å². The minimum absolute atomic E-state index is 0.0988. The van der Waals surface area contributed by atoms with Crippen LogP contribution in [0.5, 0.6) is 0 Å². The van der Waals surface area contributed by atoms with Gasteiger partial charge in [-0.15, -0.1) is 0 Å². The number of hydrogen-bond acceptors (Lipinski definition) is 3. The van der Waals surface area contributed by atoms with Gasteiger partial charge in [-0.1, -0.05) is 18.5 Å². The summed E-state index contributed by atoms with van der Waals surface area (Å²) in [5.74, 6) is 0.110. The summed E-state index contributed by atoms with van der Waals surface area (Å²) in [5.41, 5.74) is 3.17. The van der Waals surface area contributed by atoms with E-state index < -0.39 is 0 Å². The third kappa shape index (κ3) is 3.42. The van der Waals surface area contributed by atoms with Crippen LogP contribution in [0.25, 0.3) is 0 Å². The van der Waals surface area contributed by atoms with Gasteiger partial charge in [0.15, 0.2) is 5.82 Å². The van der Waals surface area contributed by atoms with Gasteiger partial charge in [-0.3, -0.25) is 9.48 Å². The molecule has 5 nitrogen and oxygen atoms in total. The molecule has 0 aliphatic rings. The lowest BCUT2D eigenvalue weighted by molar-refractivity contribution is -0.119. The van der Waals surface area contributed by atoms with Crippen LogP contribution in [0.3, 0.4) is 0 Å². The van der Waals surface area contributed by atoms with Crippen LogP contribution in [0, 0.1) is 19.8 Å². The molecule has 0 unspecified atom stereocenters. The number of nitrogens with one attached hydrogen (secondary N) is 1. The molecule has 0 saturated carbocycles. The Morgan fingerprint density at radius 2 is 2.19 bits per heavy atom. The first kappa shape index (κ1) is 15.5. The number of carbonyl (C=O) groups is 1. The normalized spacial score (nSPS) is 12.2. The van der Waals surface area contributed by atoms with Crippen molar-refractivity contribution in [3.8, 4) is 0 Å². The lowest BCUT2D eigenvalue weighted by Gasteiger charge is -2.12. The van der Waals surface area contributed by atoms with Crippen LogP contribution in [-0.4, -0.2) is 20.7 Å². The lowest BCUT2D eigenvalue weighted by Crippen LogP contribution is -2.23. The summed E-state index contributed by atoms with van der Waals surface area (Å²) < 4.78 is 1.84. The number of halogens is 1. The van der Waals surface area contributed by atoms with Gasteiger partial charge >= 0.3 is 0 Å². The molecular formula is C15H19ClN4O. The van der Waals surface area contributed by atoms with Gasteiger partial charge in [-0.05, 0) is 38.0 Å². The van der Waals surface area contributed by atoms with Crippen LogP contribution in [-0.2, 0) is 18.3 Å². The van der Waals surface area contributed by atoms with Gasteiger partial charge in [0, 0.05) is 24.9 Å². The molecule has 1 N–H and O–H groups in total. The Morgan fingerprint density at radius 1 is 1.48 bits per heavy atom. The van der Waals surface area contributed by atoms with Gasteiger partial charge in [-0.25, -0.2) is 4.98 Å². The highest BCUT2D eigenvalue weighted by Gasteiger charge is 2.19. The zero-order chi connectivity index (χ0) is 15.6. The van der Waals surface area contributed by atoms with Crippen molar-refractivity contribution in [1.82, 2.24) is 14.8 Å². The predicted octanol–water partition coefficient (Wildman–Crippen LogP) is 2.90. The second kappa shape index (κ2) is 6.26. The molecule has 0 saturated heterocycles. The molecule has 21 heavy (non-hydrogen) atoms. The van der Waals surface area contributed by atoms with Crippen molar-refractivity contribution in [1.29, 1.82) is 0 Å². The number of rotatable bonds is 4. The fourth-order valence-electron chi connectivity index (χ4n) is 2.23. The minimum Gasteiger partial charge on any atom is -0.309 e. The summed E-state index contributed by atoms with van der Waals surface area (Å²) in [6.07, 6.45) is 2.24. The van der Waals surface area contributed by atoms with E-state index in [1.165, 1.54) is 0 Å². The van der Waals surface area contributed by atoms with Gasteiger partial charge in [0.25, 0.3) is 0 Å². The first-order valence-corrected chi connectivity index (χ1v) is 7.18. The Kier molecular flexibility index (Phi) is 4.63. The highest BCUT2D eigenvalue weighted by atomic mass is 35.5. The Hall–Kier alpha value is -1.88. The summed E-state index contributed by atoms with van der Waals surface area (Å²) in [6, 6.07) is 3.42. The summed E-state index contributed by atoms with van der Waals surface area (Å²) >= 11 is 6.00. The van der Waals surface area contributed by atoms with Crippen molar-refractivity contribution >= 4 is 23.3 Å². The van der Waals surface area contributed by atoms with E-state index in [1.807, 2.05) is 32.5 Å². The monoisotopic (exact) mass is 306 g/mol. The maximum absolute atomic E-state index is 12.3. The highest BCUT2D eigenvalue weighted by Crippen LogP contribution is 2.20. The summed E-state index contributed by atoms with van der Waals surface area (Å²) in [7, 11) is 1.91. The Labute approximate surface area is 129 Å². The van der Waals surface area contributed by atoms with Gasteiger partial charge in [-0.2, -0.15) is 5.10 Å². The van der Waals surface area contributed by atoms with E-state index in [0.29, 0.717) is 17.3 Å². The molecule has 0 radical (unpaired) electrons. The summed E-state index contributed by atoms with van der Waals surface area (Å²) in [5, 5.41) is 7.58. The van der Waals surface area contributed by atoms with Crippen molar-refractivity contribution < 1.29 is 4.79 Å². The maximum Gasteiger partial charge on any atom is 0.228 e. The second-order valence-corrected chi connectivity index (χ2v) is 5.61. The van der Waals surface area contributed by atoms with Crippen molar-refractivity contribution in [3.05, 3.63) is 40.3 Å². The number of hydrogen-bond donors (Lipinski definition) is 1. The van der Waals surface area contributed by atoms with Crippen LogP contribution < -0.4 is 5.32 Å². The average molecular weight is 307 g/mol. The molecule has 0 aliphatic heterocycles. The largest absolute Gasteiger partial charge is 0.309 e. The Balaban J connectivity index is 2.08. The molecule has 2 rings (SSSR count). The molecule has 2 aromatic rings. The number of anilines is 1. The maximum atomic E-state index is 12.3. The van der Waals surface area contributed by atoms with E-state index in [-0.39, 0.29) is 11.8 Å². The summed E-state index contributed by atoms with van der Waals surface area (Å²) in [4.78, 5) is 16.3. The quantitative estimate of drug-likeness (QED) is 0.945. The zero-order valence-corrected chi connectivity index (χ0v) is 13.4. The average Bonchev–Trinajstić information content (AvgIpc) is 2.67. The van der Waals surface area contributed by atoms with E-state index >= 15 is 0 Å². The van der Waals surface area contributed by atoms with E-state index in [1.54, 1.807) is 18.3 Å². The smallest absolute Gasteiger partial charge is 0.228 e. The van der Waals surface area contributed by atoms with Gasteiger partial charge in [0.1, 0.15) is 0 Å². The van der Waals surface area contributed by atoms with E-state index in [4.69, 9.17) is 11.6 Å². The molecule has 112 valence electrons. The number of pyridine rings is 1. The molecule has 0 bridgehead atoms. The molecule has 2 aromatic heterocycles. The molecule has 0 spiro atoms. The number of aryl methyl sites for hydroxylation is 2. The fraction of sp³-hybridized carbons (Fsp3) is 0.400. The van der Waals surface area contributed by atoms with Gasteiger partial charge in [0.2, 0.25) is 5.91 Å². The molecule has 0 aliphatic carbocycles. The minimum atomic E-state index is -0.190. The molecule has 0 fully saturated rings. The van der Waals surface area contributed by atoms with Crippen LogP contribution in [0.2, 0.25) is 5.02 Å². The lowest BCUT2D eigenvalue weighted by atomic mass is 9.99. The number of carbonyl (C=O) groups excluding carboxylic acids is 1. The predicted molar refractivity (Wildman–Crippen MR) is 83.4 cm³/mol. The standard InChI is InChI=1S/C15H19ClN4O/c1-9(8-12-10(2)19-20(4)11(12)3)15(21)18-14-13(16)6-5-7-17-14/h5-7,9H,8H2,1-4H3,(H,17,18,21)/t9-/m0/s1. The molecule has 6 heteroatoms. The number of nitrogens with zero attached hydrogens (tertiary/aromatic N) is 3. The third-order valence-electron chi connectivity index (χ3n) is 3.62. The van der Waals surface area contributed by atoms with Crippen LogP contribution >= 0.6 is 11.6 Å². The topological polar surface area (TPSA) is 59.8 Å². The number of aromatic nitrogens is 3. The summed E-state index contributed by atoms with van der Waals surface area (Å²) in [6.45, 7) is 5.86. The molecule has 1 atom stereocenters. The van der Waals surface area contributed by atoms with Gasteiger partial charge < -0.3 is 5.32 Å². The number of amides is 1. The molecule has 1 amide bonds. The van der Waals surface area contributed by atoms with Crippen LogP contribution in [0.1, 0.15) is 23.9 Å². The van der Waals surface area contributed by atoms with Gasteiger partial charge in [0.05, 0.1) is 10.7 Å².